The zero-order chi connectivity index (χ0) is 23.1. The Morgan fingerprint density at radius 2 is 1.21 bits per heavy atom. The van der Waals surface area contributed by atoms with E-state index in [-0.39, 0.29) is 6.42 Å². The van der Waals surface area contributed by atoms with E-state index in [1.807, 2.05) is 72.8 Å². The molecule has 0 radical (unpaired) electrons. The van der Waals surface area contributed by atoms with Gasteiger partial charge in [0.2, 0.25) is 11.8 Å². The van der Waals surface area contributed by atoms with E-state index in [2.05, 4.69) is 16.9 Å². The molecule has 166 valence electrons. The molecule has 0 aliphatic rings. The molecule has 6 nitrogen and oxygen atoms in total. The zero-order valence-corrected chi connectivity index (χ0v) is 18.2. The number of rotatable bonds is 9. The number of pyridine rings is 2. The molecule has 0 aliphatic carbocycles. The molecule has 2 aromatic carbocycles. The van der Waals surface area contributed by atoms with Gasteiger partial charge in [-0.15, -0.1) is 0 Å². The highest BCUT2D eigenvalue weighted by Crippen LogP contribution is 2.38. The lowest BCUT2D eigenvalue weighted by atomic mass is 9.73. The van der Waals surface area contributed by atoms with Crippen LogP contribution in [0, 0.1) is 0 Å². The number of hydrogen-bond donors (Lipinski definition) is 1. The molecule has 0 spiro atoms. The third-order valence-electron chi connectivity index (χ3n) is 5.54. The number of carbonyl (C=O) groups is 1. The molecular weight excluding hydrogens is 416 g/mol. The van der Waals surface area contributed by atoms with E-state index in [0.717, 1.165) is 11.1 Å². The summed E-state index contributed by atoms with van der Waals surface area (Å²) in [5.74, 6) is 1.53. The Morgan fingerprint density at radius 1 is 0.758 bits per heavy atom. The molecular formula is C27H24N2O4. The van der Waals surface area contributed by atoms with E-state index >= 15 is 0 Å². The summed E-state index contributed by atoms with van der Waals surface area (Å²) in [6.45, 7) is 2.05. The normalized spacial score (nSPS) is 11.1. The second kappa shape index (κ2) is 9.96. The first-order valence-corrected chi connectivity index (χ1v) is 10.6. The summed E-state index contributed by atoms with van der Waals surface area (Å²) in [7, 11) is 0. The average molecular weight is 440 g/mol. The first-order valence-electron chi connectivity index (χ1n) is 10.6. The molecule has 0 amide bonds. The molecule has 6 heteroatoms. The molecule has 4 aromatic rings. The molecule has 0 saturated carbocycles. The van der Waals surface area contributed by atoms with Crippen LogP contribution >= 0.6 is 0 Å². The predicted molar refractivity (Wildman–Crippen MR) is 125 cm³/mol. The van der Waals surface area contributed by atoms with E-state index in [4.69, 9.17) is 9.47 Å². The van der Waals surface area contributed by atoms with Crippen LogP contribution in [0.25, 0.3) is 0 Å². The molecule has 0 atom stereocenters. The van der Waals surface area contributed by atoms with Gasteiger partial charge in [0.05, 0.1) is 0 Å². The fourth-order valence-corrected chi connectivity index (χ4v) is 3.65. The largest absolute Gasteiger partial charge is 0.481 e. The van der Waals surface area contributed by atoms with Gasteiger partial charge in [-0.2, -0.15) is 0 Å². The Hall–Kier alpha value is -4.19. The van der Waals surface area contributed by atoms with Gasteiger partial charge in [-0.05, 0) is 53.9 Å². The predicted octanol–water partition coefficient (Wildman–Crippen LogP) is 6.23. The molecule has 0 bridgehead atoms. The van der Waals surface area contributed by atoms with Gasteiger partial charge in [0.25, 0.3) is 0 Å². The molecule has 1 N–H and O–H groups in total. The summed E-state index contributed by atoms with van der Waals surface area (Å²) < 4.78 is 11.6. The van der Waals surface area contributed by atoms with Crippen molar-refractivity contribution in [1.29, 1.82) is 0 Å². The molecule has 0 aliphatic heterocycles. The number of aliphatic carboxylic acids is 1. The van der Waals surface area contributed by atoms with E-state index in [0.29, 0.717) is 29.7 Å². The van der Waals surface area contributed by atoms with Crippen molar-refractivity contribution in [2.24, 2.45) is 0 Å². The Morgan fingerprint density at radius 3 is 1.58 bits per heavy atom. The number of carboxylic acid groups (broad SMARTS) is 1. The van der Waals surface area contributed by atoms with Gasteiger partial charge in [-0.3, -0.25) is 4.79 Å². The van der Waals surface area contributed by atoms with Crippen molar-refractivity contribution in [3.8, 4) is 23.3 Å². The third-order valence-corrected chi connectivity index (χ3v) is 5.54. The van der Waals surface area contributed by atoms with E-state index < -0.39 is 11.4 Å². The van der Waals surface area contributed by atoms with Crippen LogP contribution < -0.4 is 9.47 Å². The molecule has 0 fully saturated rings. The average Bonchev–Trinajstić information content (AvgIpc) is 2.85. The summed E-state index contributed by atoms with van der Waals surface area (Å²) >= 11 is 0. The number of nitrogens with zero attached hydrogens (tertiary/aromatic N) is 2. The van der Waals surface area contributed by atoms with Gasteiger partial charge < -0.3 is 14.6 Å². The lowest BCUT2D eigenvalue weighted by molar-refractivity contribution is -0.137. The van der Waals surface area contributed by atoms with Crippen molar-refractivity contribution < 1.29 is 19.4 Å². The monoisotopic (exact) mass is 440 g/mol. The first kappa shape index (κ1) is 22.0. The zero-order valence-electron chi connectivity index (χ0n) is 18.2. The first-order chi connectivity index (χ1) is 16.0. The van der Waals surface area contributed by atoms with Crippen LogP contribution in [0.3, 0.4) is 0 Å². The molecule has 2 aromatic heterocycles. The Balaban J connectivity index is 1.58. The standard InChI is InChI=1S/C27H24N2O4/c1-27(17-16-26(30)31,20-8-12-22(13-9-20)32-24-6-2-4-18-28-24)21-10-14-23(15-11-21)33-25-7-3-5-19-29-25/h2-15,18-19H,16-17H2,1H3,(H,30,31). The SMILES string of the molecule is CC(CCC(=O)O)(c1ccc(Oc2ccccn2)cc1)c1ccc(Oc2ccccn2)cc1. The second-order valence-corrected chi connectivity index (χ2v) is 7.81. The maximum atomic E-state index is 11.4. The highest BCUT2D eigenvalue weighted by Gasteiger charge is 2.30. The van der Waals surface area contributed by atoms with Crippen molar-refractivity contribution >= 4 is 5.97 Å². The second-order valence-electron chi connectivity index (χ2n) is 7.81. The van der Waals surface area contributed by atoms with E-state index in [1.54, 1.807) is 24.5 Å². The topological polar surface area (TPSA) is 81.5 Å². The Kier molecular flexibility index (Phi) is 6.64. The van der Waals surface area contributed by atoms with Crippen LogP contribution in [-0.2, 0) is 10.2 Å². The minimum atomic E-state index is -0.827. The Bertz CT molecular complexity index is 1090. The van der Waals surface area contributed by atoms with E-state index in [1.165, 1.54) is 0 Å². The van der Waals surface area contributed by atoms with Crippen LogP contribution in [0.15, 0.2) is 97.3 Å². The summed E-state index contributed by atoms with van der Waals surface area (Å²) in [5, 5.41) is 9.33. The third kappa shape index (κ3) is 5.54. The molecule has 0 unspecified atom stereocenters. The number of carboxylic acids is 1. The number of ether oxygens (including phenoxy) is 2. The molecule has 33 heavy (non-hydrogen) atoms. The minimum absolute atomic E-state index is 0.0505. The maximum Gasteiger partial charge on any atom is 0.303 e. The fraction of sp³-hybridized carbons (Fsp3) is 0.148. The van der Waals surface area contributed by atoms with Crippen LogP contribution in [0.1, 0.15) is 30.9 Å². The molecule has 4 rings (SSSR count). The fourth-order valence-electron chi connectivity index (χ4n) is 3.65. The summed E-state index contributed by atoms with van der Waals surface area (Å²) in [6.07, 6.45) is 3.85. The Labute approximate surface area is 192 Å². The van der Waals surface area contributed by atoms with Gasteiger partial charge in [0.15, 0.2) is 0 Å². The van der Waals surface area contributed by atoms with Crippen molar-refractivity contribution in [3.05, 3.63) is 108 Å². The van der Waals surface area contributed by atoms with Crippen molar-refractivity contribution in [2.45, 2.75) is 25.2 Å². The van der Waals surface area contributed by atoms with Crippen molar-refractivity contribution in [2.75, 3.05) is 0 Å². The van der Waals surface area contributed by atoms with Gasteiger partial charge in [-0.25, -0.2) is 9.97 Å². The summed E-state index contributed by atoms with van der Waals surface area (Å²) in [6, 6.07) is 26.4. The van der Waals surface area contributed by atoms with Crippen LogP contribution in [0.5, 0.6) is 23.3 Å². The van der Waals surface area contributed by atoms with Crippen LogP contribution in [0.4, 0.5) is 0 Å². The van der Waals surface area contributed by atoms with Crippen LogP contribution in [-0.4, -0.2) is 21.0 Å². The number of aromatic nitrogens is 2. The van der Waals surface area contributed by atoms with E-state index in [9.17, 15) is 9.90 Å². The highest BCUT2D eigenvalue weighted by atomic mass is 16.5. The van der Waals surface area contributed by atoms with Gasteiger partial charge in [-0.1, -0.05) is 43.3 Å². The molecule has 0 saturated heterocycles. The lowest BCUT2D eigenvalue weighted by Crippen LogP contribution is -2.24. The number of hydrogen-bond acceptors (Lipinski definition) is 5. The summed E-state index contributed by atoms with van der Waals surface area (Å²) in [4.78, 5) is 19.7. The highest BCUT2D eigenvalue weighted by molar-refractivity contribution is 5.67. The molecule has 2 heterocycles. The maximum absolute atomic E-state index is 11.4. The number of benzene rings is 2. The summed E-state index contributed by atoms with van der Waals surface area (Å²) in [5.41, 5.74) is 1.48. The smallest absolute Gasteiger partial charge is 0.303 e. The van der Waals surface area contributed by atoms with Crippen LogP contribution in [0.2, 0.25) is 0 Å². The van der Waals surface area contributed by atoms with Crippen molar-refractivity contribution in [3.63, 3.8) is 0 Å². The quantitative estimate of drug-likeness (QED) is 0.332. The van der Waals surface area contributed by atoms with Gasteiger partial charge in [0, 0.05) is 36.4 Å². The minimum Gasteiger partial charge on any atom is -0.481 e. The lowest BCUT2D eigenvalue weighted by Gasteiger charge is -2.31. The van der Waals surface area contributed by atoms with Crippen molar-refractivity contribution in [1.82, 2.24) is 9.97 Å². The van der Waals surface area contributed by atoms with Gasteiger partial charge >= 0.3 is 5.97 Å². The van der Waals surface area contributed by atoms with Gasteiger partial charge in [0.1, 0.15) is 11.5 Å².